The number of rotatable bonds is 11. The van der Waals surface area contributed by atoms with Crippen LogP contribution in [0.5, 0.6) is 17.2 Å². The summed E-state index contributed by atoms with van der Waals surface area (Å²) in [7, 11) is 3.93. The number of aliphatic hydroxyl groups is 1. The first-order valence-electron chi connectivity index (χ1n) is 14.3. The molecule has 1 N–H and O–H groups in total. The summed E-state index contributed by atoms with van der Waals surface area (Å²) < 4.78 is 12.0. The van der Waals surface area contributed by atoms with E-state index in [-0.39, 0.29) is 11.3 Å². The Morgan fingerprint density at radius 3 is 2.28 bits per heavy atom. The number of ether oxygens (including phenoxy) is 2. The standard InChI is InChI=1S/C36H36N2O5/c1-25-10-7-11-26(22-25)24-42-29-18-16-27(17-19-29)34(39)32-33(38(36(41)35(32)40)21-9-20-37(2)3)28-12-8-15-31(23-28)43-30-13-5-4-6-14-30/h4-8,10-19,22-23,33,39H,9,20-21,24H2,1-3H3/b34-32+. The second kappa shape index (κ2) is 13.4. The molecule has 1 saturated heterocycles. The number of ketones is 1. The molecule has 0 aliphatic carbocycles. The zero-order valence-corrected chi connectivity index (χ0v) is 24.7. The van der Waals surface area contributed by atoms with Crippen molar-refractivity contribution in [2.24, 2.45) is 0 Å². The number of hydrogen-bond acceptors (Lipinski definition) is 6. The number of likely N-dealkylation sites (tertiary alicyclic amines) is 1. The van der Waals surface area contributed by atoms with Crippen molar-refractivity contribution in [3.63, 3.8) is 0 Å². The van der Waals surface area contributed by atoms with Crippen molar-refractivity contribution in [3.8, 4) is 17.2 Å². The van der Waals surface area contributed by atoms with Gasteiger partial charge in [0.2, 0.25) is 0 Å². The summed E-state index contributed by atoms with van der Waals surface area (Å²) in [5.41, 5.74) is 3.37. The molecule has 0 aromatic heterocycles. The van der Waals surface area contributed by atoms with Gasteiger partial charge in [-0.25, -0.2) is 0 Å². The van der Waals surface area contributed by atoms with Crippen molar-refractivity contribution in [1.82, 2.24) is 9.80 Å². The Bertz CT molecular complexity index is 1610. The molecule has 1 aliphatic rings. The highest BCUT2D eigenvalue weighted by atomic mass is 16.5. The molecule has 0 spiro atoms. The topological polar surface area (TPSA) is 79.3 Å². The lowest BCUT2D eigenvalue weighted by Gasteiger charge is -2.26. The molecule has 1 atom stereocenters. The first-order chi connectivity index (χ1) is 20.8. The number of hydrogen-bond donors (Lipinski definition) is 1. The predicted molar refractivity (Wildman–Crippen MR) is 167 cm³/mol. The summed E-state index contributed by atoms with van der Waals surface area (Å²) in [5.74, 6) is 0.309. The Balaban J connectivity index is 1.45. The summed E-state index contributed by atoms with van der Waals surface area (Å²) in [6.07, 6.45) is 0.670. The normalized spacial score (nSPS) is 16.1. The van der Waals surface area contributed by atoms with Crippen LogP contribution in [0.2, 0.25) is 0 Å². The molecule has 1 aliphatic heterocycles. The van der Waals surface area contributed by atoms with Gasteiger partial charge in [0, 0.05) is 12.1 Å². The quantitative estimate of drug-likeness (QED) is 0.121. The monoisotopic (exact) mass is 576 g/mol. The van der Waals surface area contributed by atoms with Gasteiger partial charge in [0.15, 0.2) is 0 Å². The molecule has 5 rings (SSSR count). The Kier molecular flexibility index (Phi) is 9.23. The van der Waals surface area contributed by atoms with E-state index in [0.717, 1.165) is 17.7 Å². The minimum Gasteiger partial charge on any atom is -0.507 e. The Hall–Kier alpha value is -4.88. The van der Waals surface area contributed by atoms with E-state index in [4.69, 9.17) is 9.47 Å². The SMILES string of the molecule is Cc1cccc(COc2ccc(/C(O)=C3\C(=O)C(=O)N(CCCN(C)C)C3c3cccc(Oc4ccccc4)c3)cc2)c1. The van der Waals surface area contributed by atoms with Crippen LogP contribution in [0.4, 0.5) is 0 Å². The number of Topliss-reactive ketones (excluding diaryl/α,β-unsaturated/α-hetero) is 1. The van der Waals surface area contributed by atoms with E-state index < -0.39 is 17.7 Å². The highest BCUT2D eigenvalue weighted by Gasteiger charge is 2.45. The molecular weight excluding hydrogens is 540 g/mol. The Morgan fingerprint density at radius 2 is 1.56 bits per heavy atom. The van der Waals surface area contributed by atoms with Crippen LogP contribution in [0.1, 0.15) is 34.7 Å². The van der Waals surface area contributed by atoms with Gasteiger partial charge in [-0.1, -0.05) is 60.2 Å². The van der Waals surface area contributed by atoms with E-state index in [1.54, 1.807) is 29.2 Å². The Labute approximate surface area is 252 Å². The molecule has 1 heterocycles. The highest BCUT2D eigenvalue weighted by Crippen LogP contribution is 2.41. The van der Waals surface area contributed by atoms with E-state index in [9.17, 15) is 14.7 Å². The second-order valence-electron chi connectivity index (χ2n) is 10.9. The fourth-order valence-electron chi connectivity index (χ4n) is 5.22. The molecule has 0 radical (unpaired) electrons. The molecule has 1 unspecified atom stereocenters. The van der Waals surface area contributed by atoms with Crippen LogP contribution < -0.4 is 9.47 Å². The zero-order chi connectivity index (χ0) is 30.3. The van der Waals surface area contributed by atoms with Gasteiger partial charge in [0.05, 0.1) is 11.6 Å². The fraction of sp³-hybridized carbons (Fsp3) is 0.222. The summed E-state index contributed by atoms with van der Waals surface area (Å²) in [4.78, 5) is 30.4. The average molecular weight is 577 g/mol. The van der Waals surface area contributed by atoms with Gasteiger partial charge in [-0.05, 0) is 93.6 Å². The minimum atomic E-state index is -0.765. The number of para-hydroxylation sites is 1. The summed E-state index contributed by atoms with van der Waals surface area (Å²) in [6.45, 7) is 3.55. The summed E-state index contributed by atoms with van der Waals surface area (Å²) >= 11 is 0. The van der Waals surface area contributed by atoms with Crippen LogP contribution in [0.25, 0.3) is 5.76 Å². The van der Waals surface area contributed by atoms with Gasteiger partial charge in [-0.3, -0.25) is 9.59 Å². The van der Waals surface area contributed by atoms with Crippen LogP contribution in [0.3, 0.4) is 0 Å². The Morgan fingerprint density at radius 1 is 0.837 bits per heavy atom. The zero-order valence-electron chi connectivity index (χ0n) is 24.7. The molecule has 4 aromatic carbocycles. The number of benzene rings is 4. The third-order valence-corrected chi connectivity index (χ3v) is 7.31. The first-order valence-corrected chi connectivity index (χ1v) is 14.3. The molecule has 7 nitrogen and oxygen atoms in total. The molecule has 1 fully saturated rings. The largest absolute Gasteiger partial charge is 0.507 e. The first kappa shape index (κ1) is 29.6. The molecular formula is C36H36N2O5. The number of aliphatic hydroxyl groups excluding tert-OH is 1. The fourth-order valence-corrected chi connectivity index (χ4v) is 5.22. The molecule has 1 amide bonds. The smallest absolute Gasteiger partial charge is 0.295 e. The summed E-state index contributed by atoms with van der Waals surface area (Å²) in [5, 5.41) is 11.5. The lowest BCUT2D eigenvalue weighted by molar-refractivity contribution is -0.139. The molecule has 220 valence electrons. The predicted octanol–water partition coefficient (Wildman–Crippen LogP) is 6.74. The van der Waals surface area contributed by atoms with Crippen molar-refractivity contribution >= 4 is 17.4 Å². The van der Waals surface area contributed by atoms with E-state index in [0.29, 0.717) is 47.9 Å². The van der Waals surface area contributed by atoms with Gasteiger partial charge in [0.25, 0.3) is 11.7 Å². The van der Waals surface area contributed by atoms with Crippen molar-refractivity contribution in [2.45, 2.75) is 26.0 Å². The van der Waals surface area contributed by atoms with Crippen molar-refractivity contribution in [3.05, 3.63) is 131 Å². The molecule has 0 bridgehead atoms. The van der Waals surface area contributed by atoms with Crippen LogP contribution in [0, 0.1) is 6.92 Å². The minimum absolute atomic E-state index is 0.0557. The van der Waals surface area contributed by atoms with Crippen LogP contribution in [0.15, 0.2) is 109 Å². The van der Waals surface area contributed by atoms with Gasteiger partial charge >= 0.3 is 0 Å². The molecule has 4 aromatic rings. The highest BCUT2D eigenvalue weighted by molar-refractivity contribution is 6.46. The maximum absolute atomic E-state index is 13.5. The molecule has 0 saturated carbocycles. The van der Waals surface area contributed by atoms with E-state index >= 15 is 0 Å². The maximum Gasteiger partial charge on any atom is 0.295 e. The number of nitrogens with zero attached hydrogens (tertiary/aromatic N) is 2. The number of amides is 1. The third kappa shape index (κ3) is 7.13. The van der Waals surface area contributed by atoms with Gasteiger partial charge < -0.3 is 24.4 Å². The second-order valence-corrected chi connectivity index (χ2v) is 10.9. The van der Waals surface area contributed by atoms with E-state index in [2.05, 4.69) is 6.07 Å². The van der Waals surface area contributed by atoms with Crippen molar-refractivity contribution < 1.29 is 24.2 Å². The maximum atomic E-state index is 13.5. The van der Waals surface area contributed by atoms with Crippen LogP contribution in [-0.2, 0) is 16.2 Å². The lowest BCUT2D eigenvalue weighted by atomic mass is 9.95. The number of aryl methyl sites for hydroxylation is 1. The molecule has 43 heavy (non-hydrogen) atoms. The van der Waals surface area contributed by atoms with Gasteiger partial charge in [-0.2, -0.15) is 0 Å². The number of carbonyl (C=O) groups is 2. The van der Waals surface area contributed by atoms with Crippen molar-refractivity contribution in [2.75, 3.05) is 27.2 Å². The summed E-state index contributed by atoms with van der Waals surface area (Å²) in [6, 6.07) is 30.9. The molecule has 7 heteroatoms. The van der Waals surface area contributed by atoms with Gasteiger partial charge in [-0.15, -0.1) is 0 Å². The van der Waals surface area contributed by atoms with Crippen LogP contribution >= 0.6 is 0 Å². The lowest BCUT2D eigenvalue weighted by Crippen LogP contribution is -2.32. The van der Waals surface area contributed by atoms with E-state index in [1.165, 1.54) is 0 Å². The number of carbonyl (C=O) groups excluding carboxylic acids is 2. The van der Waals surface area contributed by atoms with E-state index in [1.807, 2.05) is 98.7 Å². The van der Waals surface area contributed by atoms with Crippen molar-refractivity contribution in [1.29, 1.82) is 0 Å². The third-order valence-electron chi connectivity index (χ3n) is 7.31. The van der Waals surface area contributed by atoms with Crippen LogP contribution in [-0.4, -0.2) is 53.8 Å². The van der Waals surface area contributed by atoms with Gasteiger partial charge in [0.1, 0.15) is 29.6 Å². The average Bonchev–Trinajstić information content (AvgIpc) is 3.25.